The normalized spacial score (nSPS) is 10.7. The lowest BCUT2D eigenvalue weighted by Crippen LogP contribution is -2.24. The van der Waals surface area contributed by atoms with Gasteiger partial charge in [-0.2, -0.15) is 5.10 Å². The van der Waals surface area contributed by atoms with E-state index in [1.807, 2.05) is 27.1 Å². The van der Waals surface area contributed by atoms with Crippen molar-refractivity contribution in [1.82, 2.24) is 19.3 Å². The van der Waals surface area contributed by atoms with Gasteiger partial charge >= 0.3 is 0 Å². The van der Waals surface area contributed by atoms with Crippen LogP contribution in [0.2, 0.25) is 0 Å². The van der Waals surface area contributed by atoms with Gasteiger partial charge in [-0.15, -0.1) is 0 Å². The summed E-state index contributed by atoms with van der Waals surface area (Å²) in [7, 11) is 1.88. The highest BCUT2D eigenvalue weighted by Crippen LogP contribution is 2.06. The van der Waals surface area contributed by atoms with Crippen molar-refractivity contribution in [3.8, 4) is 0 Å². The molecule has 0 unspecified atom stereocenters. The number of hydrogen-bond donors (Lipinski definition) is 1. The summed E-state index contributed by atoms with van der Waals surface area (Å²) in [6, 6.07) is 0. The number of anilines is 1. The molecule has 0 fully saturated rings. The molecule has 102 valence electrons. The highest BCUT2D eigenvalue weighted by atomic mass is 16.1. The lowest BCUT2D eigenvalue weighted by molar-refractivity contribution is 0.649. The molecule has 0 atom stereocenters. The van der Waals surface area contributed by atoms with Crippen LogP contribution in [-0.2, 0) is 20.1 Å². The smallest absolute Gasteiger partial charge is 0.293 e. The van der Waals surface area contributed by atoms with Crippen molar-refractivity contribution in [3.63, 3.8) is 0 Å². The SMILES string of the molecule is CCCn1ccnc(NCc2cn(C)nc2C)c1=O. The molecule has 19 heavy (non-hydrogen) atoms. The van der Waals surface area contributed by atoms with Crippen molar-refractivity contribution in [2.45, 2.75) is 33.4 Å². The predicted molar refractivity (Wildman–Crippen MR) is 74.1 cm³/mol. The quantitative estimate of drug-likeness (QED) is 0.881. The molecule has 2 heterocycles. The maximum atomic E-state index is 12.1. The van der Waals surface area contributed by atoms with Crippen molar-refractivity contribution in [2.24, 2.45) is 7.05 Å². The maximum absolute atomic E-state index is 12.1. The summed E-state index contributed by atoms with van der Waals surface area (Å²) < 4.78 is 3.44. The van der Waals surface area contributed by atoms with Crippen molar-refractivity contribution in [3.05, 3.63) is 40.2 Å². The molecular weight excluding hydrogens is 242 g/mol. The van der Waals surface area contributed by atoms with Crippen LogP contribution in [0.1, 0.15) is 24.6 Å². The van der Waals surface area contributed by atoms with E-state index in [2.05, 4.69) is 15.4 Å². The zero-order valence-electron chi connectivity index (χ0n) is 11.6. The topological polar surface area (TPSA) is 64.7 Å². The molecule has 0 saturated carbocycles. The van der Waals surface area contributed by atoms with Crippen molar-refractivity contribution in [1.29, 1.82) is 0 Å². The summed E-state index contributed by atoms with van der Waals surface area (Å²) >= 11 is 0. The van der Waals surface area contributed by atoms with Gasteiger partial charge in [-0.25, -0.2) is 4.98 Å². The average molecular weight is 261 g/mol. The number of nitrogens with zero attached hydrogens (tertiary/aromatic N) is 4. The van der Waals surface area contributed by atoms with E-state index in [-0.39, 0.29) is 5.56 Å². The van der Waals surface area contributed by atoms with Crippen LogP contribution in [0, 0.1) is 6.92 Å². The monoisotopic (exact) mass is 261 g/mol. The molecule has 6 heteroatoms. The zero-order valence-corrected chi connectivity index (χ0v) is 11.6. The average Bonchev–Trinajstić information content (AvgIpc) is 2.69. The fourth-order valence-corrected chi connectivity index (χ4v) is 1.99. The molecule has 2 aromatic rings. The Bertz CT molecular complexity index is 614. The van der Waals surface area contributed by atoms with Gasteiger partial charge in [0, 0.05) is 44.3 Å². The summed E-state index contributed by atoms with van der Waals surface area (Å²) in [5.74, 6) is 0.388. The van der Waals surface area contributed by atoms with Crippen LogP contribution in [-0.4, -0.2) is 19.3 Å². The molecule has 0 bridgehead atoms. The van der Waals surface area contributed by atoms with Crippen molar-refractivity contribution < 1.29 is 0 Å². The molecule has 1 N–H and O–H groups in total. The van der Waals surface area contributed by atoms with Crippen LogP contribution in [0.5, 0.6) is 0 Å². The minimum absolute atomic E-state index is 0.0779. The molecule has 0 aliphatic rings. The molecule has 0 amide bonds. The van der Waals surface area contributed by atoms with Crippen LogP contribution in [0.3, 0.4) is 0 Å². The van der Waals surface area contributed by atoms with E-state index in [0.717, 1.165) is 17.7 Å². The largest absolute Gasteiger partial charge is 0.361 e. The molecule has 0 radical (unpaired) electrons. The number of aryl methyl sites for hydroxylation is 3. The summed E-state index contributed by atoms with van der Waals surface area (Å²) in [6.45, 7) is 5.25. The Morgan fingerprint density at radius 3 is 2.84 bits per heavy atom. The summed E-state index contributed by atoms with van der Waals surface area (Å²) in [5.41, 5.74) is 1.94. The Labute approximate surface area is 112 Å². The number of aromatic nitrogens is 4. The highest BCUT2D eigenvalue weighted by molar-refractivity contribution is 5.33. The van der Waals surface area contributed by atoms with Gasteiger partial charge in [0.05, 0.1) is 5.69 Å². The maximum Gasteiger partial charge on any atom is 0.293 e. The first kappa shape index (κ1) is 13.3. The van der Waals surface area contributed by atoms with E-state index >= 15 is 0 Å². The minimum Gasteiger partial charge on any atom is -0.361 e. The minimum atomic E-state index is -0.0779. The molecule has 0 aliphatic carbocycles. The number of nitrogens with one attached hydrogen (secondary N) is 1. The molecule has 0 aliphatic heterocycles. The predicted octanol–water partition coefficient (Wildman–Crippen LogP) is 1.31. The van der Waals surface area contributed by atoms with Gasteiger partial charge in [0.15, 0.2) is 5.82 Å². The van der Waals surface area contributed by atoms with Crippen molar-refractivity contribution in [2.75, 3.05) is 5.32 Å². The van der Waals surface area contributed by atoms with E-state index in [1.54, 1.807) is 21.6 Å². The van der Waals surface area contributed by atoms with E-state index in [1.165, 1.54) is 0 Å². The van der Waals surface area contributed by atoms with Gasteiger partial charge in [0.25, 0.3) is 5.56 Å². The second kappa shape index (κ2) is 5.69. The molecule has 0 saturated heterocycles. The highest BCUT2D eigenvalue weighted by Gasteiger charge is 2.06. The molecule has 6 nitrogen and oxygen atoms in total. The van der Waals surface area contributed by atoms with Gasteiger partial charge in [0.1, 0.15) is 0 Å². The molecule has 0 aromatic carbocycles. The van der Waals surface area contributed by atoms with E-state index < -0.39 is 0 Å². The number of rotatable bonds is 5. The molecule has 0 spiro atoms. The summed E-state index contributed by atoms with van der Waals surface area (Å²) in [6.07, 6.45) is 6.22. The van der Waals surface area contributed by atoms with Crippen LogP contribution >= 0.6 is 0 Å². The Balaban J connectivity index is 2.14. The van der Waals surface area contributed by atoms with Gasteiger partial charge < -0.3 is 9.88 Å². The number of hydrogen-bond acceptors (Lipinski definition) is 4. The fourth-order valence-electron chi connectivity index (χ4n) is 1.99. The first-order valence-electron chi connectivity index (χ1n) is 6.40. The van der Waals surface area contributed by atoms with Gasteiger partial charge in [-0.05, 0) is 13.3 Å². The molecule has 2 aromatic heterocycles. The first-order valence-corrected chi connectivity index (χ1v) is 6.40. The summed E-state index contributed by atoms with van der Waals surface area (Å²) in [5, 5.41) is 7.35. The van der Waals surface area contributed by atoms with Crippen LogP contribution in [0.25, 0.3) is 0 Å². The lowest BCUT2D eigenvalue weighted by atomic mass is 10.2. The van der Waals surface area contributed by atoms with Crippen LogP contribution in [0.4, 0.5) is 5.82 Å². The standard InChI is InChI=1S/C13H19N5O/c1-4-6-18-7-5-14-12(13(18)19)15-8-11-9-17(3)16-10(11)2/h5,7,9H,4,6,8H2,1-3H3,(H,14,15). The molecular formula is C13H19N5O. The third-order valence-corrected chi connectivity index (χ3v) is 2.94. The zero-order chi connectivity index (χ0) is 13.8. The van der Waals surface area contributed by atoms with E-state index in [4.69, 9.17) is 0 Å². The van der Waals surface area contributed by atoms with Gasteiger partial charge in [-0.3, -0.25) is 9.48 Å². The molecule has 2 rings (SSSR count). The summed E-state index contributed by atoms with van der Waals surface area (Å²) in [4.78, 5) is 16.2. The van der Waals surface area contributed by atoms with Crippen LogP contribution in [0.15, 0.2) is 23.4 Å². The van der Waals surface area contributed by atoms with E-state index in [9.17, 15) is 4.79 Å². The van der Waals surface area contributed by atoms with Crippen molar-refractivity contribution >= 4 is 5.82 Å². The van der Waals surface area contributed by atoms with Crippen LogP contribution < -0.4 is 10.9 Å². The Hall–Kier alpha value is -2.11. The Morgan fingerprint density at radius 1 is 1.42 bits per heavy atom. The first-order chi connectivity index (χ1) is 9.11. The van der Waals surface area contributed by atoms with E-state index in [0.29, 0.717) is 18.9 Å². The second-order valence-electron chi connectivity index (χ2n) is 4.54. The van der Waals surface area contributed by atoms with Gasteiger partial charge in [-0.1, -0.05) is 6.92 Å². The third kappa shape index (κ3) is 3.01. The lowest BCUT2D eigenvalue weighted by Gasteiger charge is -2.07. The Kier molecular flexibility index (Phi) is 3.99. The fraction of sp³-hybridized carbons (Fsp3) is 0.462. The Morgan fingerprint density at radius 2 is 2.21 bits per heavy atom. The van der Waals surface area contributed by atoms with Gasteiger partial charge in [0.2, 0.25) is 0 Å². The third-order valence-electron chi connectivity index (χ3n) is 2.94. The second-order valence-corrected chi connectivity index (χ2v) is 4.54.